The van der Waals surface area contributed by atoms with Crippen LogP contribution in [0.3, 0.4) is 0 Å². The van der Waals surface area contributed by atoms with Crippen LogP contribution in [-0.4, -0.2) is 60.1 Å². The van der Waals surface area contributed by atoms with Gasteiger partial charge in [0.2, 0.25) is 5.91 Å². The molecule has 15 heavy (non-hydrogen) atoms. The lowest BCUT2D eigenvalue weighted by Crippen LogP contribution is -2.40. The SMILES string of the molecule is CCN(CCC(=O)N(C)C)CC(C)(C)O. The van der Waals surface area contributed by atoms with Crippen molar-refractivity contribution in [1.82, 2.24) is 9.80 Å². The molecule has 0 atom stereocenters. The molecule has 0 fully saturated rings. The third kappa shape index (κ3) is 7.33. The summed E-state index contributed by atoms with van der Waals surface area (Å²) in [7, 11) is 3.52. The van der Waals surface area contributed by atoms with E-state index in [0.717, 1.165) is 6.54 Å². The van der Waals surface area contributed by atoms with Crippen molar-refractivity contribution in [2.24, 2.45) is 0 Å². The predicted octanol–water partition coefficient (Wildman–Crippen LogP) is 0.557. The third-order valence-corrected chi connectivity index (χ3v) is 2.20. The van der Waals surface area contributed by atoms with Gasteiger partial charge in [0.05, 0.1) is 5.60 Å². The van der Waals surface area contributed by atoms with Crippen LogP contribution in [0.1, 0.15) is 27.2 Å². The molecule has 0 rings (SSSR count). The largest absolute Gasteiger partial charge is 0.389 e. The molecule has 0 aliphatic carbocycles. The van der Waals surface area contributed by atoms with Gasteiger partial charge in [-0.2, -0.15) is 0 Å². The lowest BCUT2D eigenvalue weighted by molar-refractivity contribution is -0.129. The van der Waals surface area contributed by atoms with Crippen molar-refractivity contribution in [2.45, 2.75) is 32.8 Å². The van der Waals surface area contributed by atoms with Gasteiger partial charge in [-0.3, -0.25) is 4.79 Å². The van der Waals surface area contributed by atoms with E-state index in [0.29, 0.717) is 19.5 Å². The van der Waals surface area contributed by atoms with Crippen LogP contribution >= 0.6 is 0 Å². The number of hydrogen-bond acceptors (Lipinski definition) is 3. The number of carbonyl (C=O) groups excluding carboxylic acids is 1. The van der Waals surface area contributed by atoms with Gasteiger partial charge in [0.1, 0.15) is 0 Å². The van der Waals surface area contributed by atoms with Crippen molar-refractivity contribution < 1.29 is 9.90 Å². The minimum atomic E-state index is -0.697. The van der Waals surface area contributed by atoms with Gasteiger partial charge < -0.3 is 14.9 Å². The number of nitrogens with zero attached hydrogens (tertiary/aromatic N) is 2. The van der Waals surface area contributed by atoms with E-state index in [-0.39, 0.29) is 5.91 Å². The van der Waals surface area contributed by atoms with Crippen LogP contribution in [0.5, 0.6) is 0 Å². The van der Waals surface area contributed by atoms with Gasteiger partial charge in [0, 0.05) is 33.6 Å². The highest BCUT2D eigenvalue weighted by atomic mass is 16.3. The third-order valence-electron chi connectivity index (χ3n) is 2.20. The molecule has 0 saturated carbocycles. The molecule has 0 saturated heterocycles. The van der Waals surface area contributed by atoms with Crippen LogP contribution in [0.2, 0.25) is 0 Å². The molecule has 0 unspecified atom stereocenters. The maximum absolute atomic E-state index is 11.4. The summed E-state index contributed by atoms with van der Waals surface area (Å²) in [6.45, 7) is 7.76. The van der Waals surface area contributed by atoms with E-state index in [1.807, 2.05) is 6.92 Å². The molecule has 0 aromatic rings. The molecule has 4 heteroatoms. The van der Waals surface area contributed by atoms with Crippen LogP contribution in [0.4, 0.5) is 0 Å². The maximum atomic E-state index is 11.4. The molecule has 90 valence electrons. The van der Waals surface area contributed by atoms with E-state index >= 15 is 0 Å². The number of rotatable bonds is 6. The predicted molar refractivity (Wildman–Crippen MR) is 61.7 cm³/mol. The molecule has 0 radical (unpaired) electrons. The molecule has 0 aromatic carbocycles. The van der Waals surface area contributed by atoms with E-state index in [2.05, 4.69) is 4.90 Å². The van der Waals surface area contributed by atoms with E-state index in [9.17, 15) is 9.90 Å². The molecule has 4 nitrogen and oxygen atoms in total. The molecule has 1 amide bonds. The number of likely N-dealkylation sites (N-methyl/N-ethyl adjacent to an activating group) is 1. The molecule has 0 aliphatic rings. The molecule has 1 N–H and O–H groups in total. The Morgan fingerprint density at radius 1 is 1.33 bits per heavy atom. The Morgan fingerprint density at radius 3 is 2.20 bits per heavy atom. The van der Waals surface area contributed by atoms with Crippen LogP contribution in [0, 0.1) is 0 Å². The first-order chi connectivity index (χ1) is 6.76. The summed E-state index contributed by atoms with van der Waals surface area (Å²) in [5.74, 6) is 0.129. The normalized spacial score (nSPS) is 11.9. The minimum Gasteiger partial charge on any atom is -0.389 e. The van der Waals surface area contributed by atoms with Crippen molar-refractivity contribution in [3.63, 3.8) is 0 Å². The summed E-state index contributed by atoms with van der Waals surface area (Å²) in [6, 6.07) is 0. The topological polar surface area (TPSA) is 43.8 Å². The summed E-state index contributed by atoms with van der Waals surface area (Å²) < 4.78 is 0. The summed E-state index contributed by atoms with van der Waals surface area (Å²) >= 11 is 0. The van der Waals surface area contributed by atoms with Crippen molar-refractivity contribution in [1.29, 1.82) is 0 Å². The van der Waals surface area contributed by atoms with Crippen molar-refractivity contribution in [3.05, 3.63) is 0 Å². The van der Waals surface area contributed by atoms with Crippen molar-refractivity contribution in [3.8, 4) is 0 Å². The smallest absolute Gasteiger partial charge is 0.223 e. The quantitative estimate of drug-likeness (QED) is 0.705. The Morgan fingerprint density at radius 2 is 1.87 bits per heavy atom. The van der Waals surface area contributed by atoms with Gasteiger partial charge in [-0.1, -0.05) is 6.92 Å². The van der Waals surface area contributed by atoms with Gasteiger partial charge in [-0.25, -0.2) is 0 Å². The Kier molecular flexibility index (Phi) is 5.83. The Balaban J connectivity index is 3.96. The lowest BCUT2D eigenvalue weighted by atomic mass is 10.1. The van der Waals surface area contributed by atoms with Crippen LogP contribution in [-0.2, 0) is 4.79 Å². The average molecular weight is 216 g/mol. The standard InChI is InChI=1S/C11H24N2O2/c1-6-13(9-11(2,3)15)8-7-10(14)12(4)5/h15H,6-9H2,1-5H3. The first-order valence-electron chi connectivity index (χ1n) is 5.41. The zero-order valence-corrected chi connectivity index (χ0v) is 10.6. The fourth-order valence-electron chi connectivity index (χ4n) is 1.37. The molecule has 0 spiro atoms. The van der Waals surface area contributed by atoms with E-state index in [4.69, 9.17) is 0 Å². The highest BCUT2D eigenvalue weighted by Gasteiger charge is 2.17. The highest BCUT2D eigenvalue weighted by molar-refractivity contribution is 5.75. The first-order valence-corrected chi connectivity index (χ1v) is 5.41. The number of hydrogen-bond donors (Lipinski definition) is 1. The van der Waals surface area contributed by atoms with Gasteiger partial charge in [0.15, 0.2) is 0 Å². The molecule has 0 heterocycles. The zero-order chi connectivity index (χ0) is 12.1. The summed E-state index contributed by atoms with van der Waals surface area (Å²) in [6.07, 6.45) is 0.511. The fraction of sp³-hybridized carbons (Fsp3) is 0.909. The number of amides is 1. The summed E-state index contributed by atoms with van der Waals surface area (Å²) in [4.78, 5) is 15.0. The second-order valence-corrected chi connectivity index (χ2v) is 4.72. The van der Waals surface area contributed by atoms with Gasteiger partial charge in [0.25, 0.3) is 0 Å². The van der Waals surface area contributed by atoms with E-state index < -0.39 is 5.60 Å². The molecular weight excluding hydrogens is 192 g/mol. The van der Waals surface area contributed by atoms with Crippen molar-refractivity contribution in [2.75, 3.05) is 33.7 Å². The number of carbonyl (C=O) groups is 1. The second kappa shape index (κ2) is 6.08. The maximum Gasteiger partial charge on any atom is 0.223 e. The average Bonchev–Trinajstić information content (AvgIpc) is 2.09. The van der Waals surface area contributed by atoms with Crippen molar-refractivity contribution >= 4 is 5.91 Å². The highest BCUT2D eigenvalue weighted by Crippen LogP contribution is 2.05. The molecule has 0 aromatic heterocycles. The summed E-state index contributed by atoms with van der Waals surface area (Å²) in [5.41, 5.74) is -0.697. The van der Waals surface area contributed by atoms with E-state index in [1.54, 1.807) is 32.8 Å². The monoisotopic (exact) mass is 216 g/mol. The summed E-state index contributed by atoms with van der Waals surface area (Å²) in [5, 5.41) is 9.66. The lowest BCUT2D eigenvalue weighted by Gasteiger charge is -2.28. The van der Waals surface area contributed by atoms with Gasteiger partial charge >= 0.3 is 0 Å². The minimum absolute atomic E-state index is 0.129. The molecule has 0 bridgehead atoms. The molecular formula is C11H24N2O2. The first kappa shape index (κ1) is 14.4. The van der Waals surface area contributed by atoms with Crippen LogP contribution < -0.4 is 0 Å². The van der Waals surface area contributed by atoms with Gasteiger partial charge in [-0.05, 0) is 20.4 Å². The Bertz CT molecular complexity index is 197. The fourth-order valence-corrected chi connectivity index (χ4v) is 1.37. The zero-order valence-electron chi connectivity index (χ0n) is 10.6. The second-order valence-electron chi connectivity index (χ2n) is 4.72. The van der Waals surface area contributed by atoms with E-state index in [1.165, 1.54) is 0 Å². The Labute approximate surface area is 92.9 Å². The Hall–Kier alpha value is -0.610. The van der Waals surface area contributed by atoms with Crippen LogP contribution in [0.25, 0.3) is 0 Å². The number of aliphatic hydroxyl groups is 1. The molecule has 0 aliphatic heterocycles. The van der Waals surface area contributed by atoms with Crippen LogP contribution in [0.15, 0.2) is 0 Å². The van der Waals surface area contributed by atoms with Gasteiger partial charge in [-0.15, -0.1) is 0 Å².